The van der Waals surface area contributed by atoms with Crippen LogP contribution in [0.1, 0.15) is 29.6 Å². The Morgan fingerprint density at radius 2 is 1.96 bits per heavy atom. The Hall–Kier alpha value is -2.60. The van der Waals surface area contributed by atoms with E-state index in [0.717, 1.165) is 37.1 Å². The molecule has 1 aliphatic rings. The molecule has 0 amide bonds. The number of benzene rings is 1. The Balaban J connectivity index is 1.85. The van der Waals surface area contributed by atoms with Crippen molar-refractivity contribution in [1.29, 1.82) is 0 Å². The maximum absolute atomic E-state index is 12.5. The van der Waals surface area contributed by atoms with Crippen LogP contribution in [0.5, 0.6) is 0 Å². The number of hydrogen-bond donors (Lipinski definition) is 1. The van der Waals surface area contributed by atoms with Crippen molar-refractivity contribution in [1.82, 2.24) is 0 Å². The van der Waals surface area contributed by atoms with E-state index >= 15 is 0 Å². The molecule has 0 spiro atoms. The lowest BCUT2D eigenvalue weighted by molar-refractivity contribution is 0.0697. The van der Waals surface area contributed by atoms with Crippen molar-refractivity contribution < 1.29 is 14.3 Å². The van der Waals surface area contributed by atoms with Gasteiger partial charge >= 0.3 is 5.97 Å². The topological polar surface area (TPSA) is 70.8 Å². The predicted octanol–water partition coefficient (Wildman–Crippen LogP) is 4.21. The summed E-state index contributed by atoms with van der Waals surface area (Å²) in [5.41, 5.74) is 2.21. The van der Waals surface area contributed by atoms with E-state index in [9.17, 15) is 14.7 Å². The molecular formula is C19H17NO4S. The first-order valence-electron chi connectivity index (χ1n) is 8.27. The molecule has 1 N–H and O–H groups in total. The summed E-state index contributed by atoms with van der Waals surface area (Å²) >= 11 is 1.33. The van der Waals surface area contributed by atoms with Gasteiger partial charge in [0.2, 0.25) is 5.43 Å². The second-order valence-corrected chi connectivity index (χ2v) is 7.07. The van der Waals surface area contributed by atoms with E-state index in [1.165, 1.54) is 17.8 Å². The smallest absolute Gasteiger partial charge is 0.335 e. The maximum Gasteiger partial charge on any atom is 0.335 e. The van der Waals surface area contributed by atoms with Gasteiger partial charge in [-0.2, -0.15) is 0 Å². The van der Waals surface area contributed by atoms with Crippen LogP contribution in [0.15, 0.2) is 44.9 Å². The molecule has 3 aromatic rings. The summed E-state index contributed by atoms with van der Waals surface area (Å²) in [4.78, 5) is 25.8. The normalized spacial score (nSPS) is 14.8. The average molecular weight is 355 g/mol. The Bertz CT molecular complexity index is 998. The second-order valence-electron chi connectivity index (χ2n) is 6.19. The molecule has 1 saturated heterocycles. The zero-order valence-corrected chi connectivity index (χ0v) is 14.3. The quantitative estimate of drug-likeness (QED) is 0.762. The molecular weight excluding hydrogens is 338 g/mol. The van der Waals surface area contributed by atoms with Gasteiger partial charge in [-0.3, -0.25) is 4.79 Å². The van der Waals surface area contributed by atoms with Crippen LogP contribution in [0.4, 0.5) is 5.88 Å². The number of hydrogen-bond acceptors (Lipinski definition) is 5. The molecule has 128 valence electrons. The van der Waals surface area contributed by atoms with Crippen LogP contribution in [0.25, 0.3) is 21.4 Å². The van der Waals surface area contributed by atoms with Gasteiger partial charge in [-0.25, -0.2) is 4.79 Å². The number of nitrogens with zero attached hydrogens (tertiary/aromatic N) is 1. The fraction of sp³-hybridized carbons (Fsp3) is 0.263. The van der Waals surface area contributed by atoms with Gasteiger partial charge in [0, 0.05) is 30.1 Å². The Labute approximate surface area is 148 Å². The van der Waals surface area contributed by atoms with E-state index in [2.05, 4.69) is 4.90 Å². The lowest BCUT2D eigenvalue weighted by Gasteiger charge is -2.26. The van der Waals surface area contributed by atoms with Crippen molar-refractivity contribution in [3.8, 4) is 11.1 Å². The first kappa shape index (κ1) is 15.9. The second kappa shape index (κ2) is 6.37. The minimum Gasteiger partial charge on any atom is -0.478 e. The number of carbonyl (C=O) groups is 1. The van der Waals surface area contributed by atoms with E-state index in [1.807, 2.05) is 11.4 Å². The van der Waals surface area contributed by atoms with Crippen LogP contribution < -0.4 is 10.3 Å². The number of thiophene rings is 1. The number of piperidine rings is 1. The first-order valence-corrected chi connectivity index (χ1v) is 9.15. The fourth-order valence-corrected chi connectivity index (χ4v) is 4.13. The minimum atomic E-state index is -0.975. The molecule has 0 atom stereocenters. The molecule has 6 heteroatoms. The number of aromatic carboxylic acids is 1. The first-order chi connectivity index (χ1) is 12.1. The van der Waals surface area contributed by atoms with Gasteiger partial charge in [-0.05, 0) is 37.0 Å². The van der Waals surface area contributed by atoms with E-state index in [0.29, 0.717) is 16.2 Å². The molecule has 4 rings (SSSR count). The number of rotatable bonds is 3. The van der Waals surface area contributed by atoms with Gasteiger partial charge in [-0.15, -0.1) is 11.3 Å². The summed E-state index contributed by atoms with van der Waals surface area (Å²) in [7, 11) is 0. The van der Waals surface area contributed by atoms with Crippen molar-refractivity contribution >= 4 is 33.5 Å². The fourth-order valence-electron chi connectivity index (χ4n) is 3.22. The summed E-state index contributed by atoms with van der Waals surface area (Å²) in [6, 6.07) is 8.27. The zero-order chi connectivity index (χ0) is 17.4. The molecule has 1 aliphatic heterocycles. The summed E-state index contributed by atoms with van der Waals surface area (Å²) in [5.74, 6) is -0.372. The van der Waals surface area contributed by atoms with E-state index in [4.69, 9.17) is 4.42 Å². The Kier molecular flexibility index (Phi) is 4.05. The molecule has 3 heterocycles. The molecule has 0 aliphatic carbocycles. The van der Waals surface area contributed by atoms with Crippen LogP contribution in [-0.2, 0) is 0 Å². The van der Waals surface area contributed by atoms with Gasteiger partial charge in [0.25, 0.3) is 0 Å². The van der Waals surface area contributed by atoms with E-state index in [1.54, 1.807) is 24.3 Å². The van der Waals surface area contributed by atoms with Crippen LogP contribution in [0.2, 0.25) is 0 Å². The van der Waals surface area contributed by atoms with Crippen molar-refractivity contribution in [2.75, 3.05) is 18.0 Å². The van der Waals surface area contributed by atoms with Crippen molar-refractivity contribution in [2.45, 2.75) is 19.3 Å². The SMILES string of the molecule is O=C(O)c1cccc(-c2csc3c(=O)cc(N4CCCCC4)oc23)c1. The number of fused-ring (bicyclic) bond motifs is 1. The number of anilines is 1. The molecule has 0 bridgehead atoms. The van der Waals surface area contributed by atoms with Crippen LogP contribution >= 0.6 is 11.3 Å². The number of carboxylic acid groups (broad SMARTS) is 1. The molecule has 5 nitrogen and oxygen atoms in total. The highest BCUT2D eigenvalue weighted by Gasteiger charge is 2.18. The highest BCUT2D eigenvalue weighted by atomic mass is 32.1. The molecule has 2 aromatic heterocycles. The highest BCUT2D eigenvalue weighted by Crippen LogP contribution is 2.35. The molecule has 1 aromatic carbocycles. The molecule has 0 saturated carbocycles. The highest BCUT2D eigenvalue weighted by molar-refractivity contribution is 7.17. The van der Waals surface area contributed by atoms with Gasteiger partial charge in [0.1, 0.15) is 4.70 Å². The van der Waals surface area contributed by atoms with Gasteiger partial charge in [-0.1, -0.05) is 12.1 Å². The third-order valence-corrected chi connectivity index (χ3v) is 5.49. The van der Waals surface area contributed by atoms with Crippen LogP contribution in [0, 0.1) is 0 Å². The Morgan fingerprint density at radius 1 is 1.16 bits per heavy atom. The van der Waals surface area contributed by atoms with Crippen molar-refractivity contribution in [3.05, 3.63) is 51.5 Å². The summed E-state index contributed by atoms with van der Waals surface area (Å²) in [6.07, 6.45) is 3.40. The van der Waals surface area contributed by atoms with Crippen LogP contribution in [-0.4, -0.2) is 24.2 Å². The van der Waals surface area contributed by atoms with Gasteiger partial charge in [0.05, 0.1) is 5.56 Å². The monoisotopic (exact) mass is 355 g/mol. The molecule has 0 radical (unpaired) electrons. The lowest BCUT2D eigenvalue weighted by Crippen LogP contribution is -2.29. The predicted molar refractivity (Wildman–Crippen MR) is 98.8 cm³/mol. The summed E-state index contributed by atoms with van der Waals surface area (Å²) in [5, 5.41) is 11.1. The third-order valence-electron chi connectivity index (χ3n) is 4.52. The number of carboxylic acids is 1. The minimum absolute atomic E-state index is 0.0486. The lowest BCUT2D eigenvalue weighted by atomic mass is 10.1. The van der Waals surface area contributed by atoms with Crippen molar-refractivity contribution in [3.63, 3.8) is 0 Å². The third kappa shape index (κ3) is 2.93. The summed E-state index contributed by atoms with van der Waals surface area (Å²) < 4.78 is 6.66. The zero-order valence-electron chi connectivity index (χ0n) is 13.5. The van der Waals surface area contributed by atoms with E-state index in [-0.39, 0.29) is 11.0 Å². The standard InChI is InChI=1S/C19H17NO4S/c21-15-10-16(20-7-2-1-3-8-20)24-17-14(11-25-18(15)17)12-5-4-6-13(9-12)19(22)23/h4-6,9-11H,1-3,7-8H2,(H,22,23). The largest absolute Gasteiger partial charge is 0.478 e. The van der Waals surface area contributed by atoms with Gasteiger partial charge in [0.15, 0.2) is 11.5 Å². The molecule has 0 unspecified atom stereocenters. The maximum atomic E-state index is 12.5. The van der Waals surface area contributed by atoms with Crippen LogP contribution in [0.3, 0.4) is 0 Å². The molecule has 1 fully saturated rings. The summed E-state index contributed by atoms with van der Waals surface area (Å²) in [6.45, 7) is 1.78. The van der Waals surface area contributed by atoms with Crippen molar-refractivity contribution in [2.24, 2.45) is 0 Å². The van der Waals surface area contributed by atoms with E-state index < -0.39 is 5.97 Å². The van der Waals surface area contributed by atoms with Gasteiger partial charge < -0.3 is 14.4 Å². The molecule has 25 heavy (non-hydrogen) atoms. The average Bonchev–Trinajstić information content (AvgIpc) is 3.07. The Morgan fingerprint density at radius 3 is 2.72 bits per heavy atom.